The van der Waals surface area contributed by atoms with Gasteiger partial charge in [0.15, 0.2) is 5.69 Å². The first-order valence-corrected chi connectivity index (χ1v) is 7.52. The van der Waals surface area contributed by atoms with Gasteiger partial charge in [-0.1, -0.05) is 23.7 Å². The van der Waals surface area contributed by atoms with Gasteiger partial charge in [-0.25, -0.2) is 19.0 Å². The lowest BCUT2D eigenvalue weighted by molar-refractivity contribution is 0.0949. The van der Waals surface area contributed by atoms with E-state index in [1.54, 1.807) is 0 Å². The molecule has 1 amide bonds. The molecule has 3 rings (SSSR count). The molecule has 0 aliphatic heterocycles. The molecule has 25 heavy (non-hydrogen) atoms. The Labute approximate surface area is 145 Å². The molecule has 1 aromatic heterocycles. The fraction of sp³-hybridized carbons (Fsp3) is 0.125. The second-order valence-corrected chi connectivity index (χ2v) is 5.73. The van der Waals surface area contributed by atoms with Gasteiger partial charge in [-0.3, -0.25) is 14.9 Å². The Morgan fingerprint density at radius 3 is 2.68 bits per heavy atom. The van der Waals surface area contributed by atoms with E-state index < -0.39 is 18.1 Å². The summed E-state index contributed by atoms with van der Waals surface area (Å²) in [5, 5.41) is 4.67. The van der Waals surface area contributed by atoms with Crippen molar-refractivity contribution in [1.29, 1.82) is 0 Å². The minimum Gasteiger partial charge on any atom is -0.289 e. The van der Waals surface area contributed by atoms with E-state index >= 15 is 0 Å². The van der Waals surface area contributed by atoms with Crippen LogP contribution in [-0.2, 0) is 6.54 Å². The minimum atomic E-state index is -2.69. The number of nitrogens with one attached hydrogen (secondary N) is 1. The zero-order valence-corrected chi connectivity index (χ0v) is 13.4. The summed E-state index contributed by atoms with van der Waals surface area (Å²) in [4.78, 5) is 11.9. The van der Waals surface area contributed by atoms with E-state index in [0.717, 1.165) is 6.07 Å². The second kappa shape index (κ2) is 6.73. The SMILES string of the molecule is NNC(=O)c1nn(Cc2ccc(Cl)cc2F)c2cc(C(F)F)ccc12. The maximum absolute atomic E-state index is 14.0. The Morgan fingerprint density at radius 1 is 1.28 bits per heavy atom. The van der Waals surface area contributed by atoms with E-state index in [9.17, 15) is 18.0 Å². The van der Waals surface area contributed by atoms with Gasteiger partial charge in [0, 0.05) is 21.5 Å². The second-order valence-electron chi connectivity index (χ2n) is 5.29. The van der Waals surface area contributed by atoms with Gasteiger partial charge in [0.05, 0.1) is 12.1 Å². The van der Waals surface area contributed by atoms with Gasteiger partial charge >= 0.3 is 0 Å². The number of amides is 1. The van der Waals surface area contributed by atoms with Crippen molar-refractivity contribution in [1.82, 2.24) is 15.2 Å². The first-order chi connectivity index (χ1) is 11.9. The summed E-state index contributed by atoms with van der Waals surface area (Å²) in [6.07, 6.45) is -2.69. The molecule has 3 N–H and O–H groups in total. The number of carbonyl (C=O) groups is 1. The van der Waals surface area contributed by atoms with E-state index in [0.29, 0.717) is 5.39 Å². The van der Waals surface area contributed by atoms with Crippen LogP contribution < -0.4 is 11.3 Å². The maximum atomic E-state index is 14.0. The molecule has 0 bridgehead atoms. The van der Waals surface area contributed by atoms with Crippen LogP contribution >= 0.6 is 11.6 Å². The van der Waals surface area contributed by atoms with Gasteiger partial charge in [0.25, 0.3) is 12.3 Å². The lowest BCUT2D eigenvalue weighted by atomic mass is 10.1. The van der Waals surface area contributed by atoms with Crippen LogP contribution in [0.3, 0.4) is 0 Å². The van der Waals surface area contributed by atoms with Crippen molar-refractivity contribution < 1.29 is 18.0 Å². The van der Waals surface area contributed by atoms with Crippen molar-refractivity contribution in [2.45, 2.75) is 13.0 Å². The summed E-state index contributed by atoms with van der Waals surface area (Å²) in [7, 11) is 0. The molecule has 2 aromatic carbocycles. The maximum Gasteiger partial charge on any atom is 0.286 e. The number of fused-ring (bicyclic) bond motifs is 1. The summed E-state index contributed by atoms with van der Waals surface area (Å²) in [5.41, 5.74) is 2.20. The summed E-state index contributed by atoms with van der Waals surface area (Å²) in [5.74, 6) is 3.89. The number of rotatable bonds is 4. The molecule has 130 valence electrons. The normalized spacial score (nSPS) is 11.3. The zero-order valence-electron chi connectivity index (χ0n) is 12.6. The predicted molar refractivity (Wildman–Crippen MR) is 86.9 cm³/mol. The number of carbonyl (C=O) groups excluding carboxylic acids is 1. The Morgan fingerprint density at radius 2 is 2.04 bits per heavy atom. The van der Waals surface area contributed by atoms with Gasteiger partial charge in [-0.2, -0.15) is 5.10 Å². The van der Waals surface area contributed by atoms with Crippen molar-refractivity contribution in [3.05, 3.63) is 64.1 Å². The monoisotopic (exact) mass is 368 g/mol. The van der Waals surface area contributed by atoms with Gasteiger partial charge in [-0.15, -0.1) is 0 Å². The van der Waals surface area contributed by atoms with E-state index in [1.807, 2.05) is 5.43 Å². The topological polar surface area (TPSA) is 72.9 Å². The summed E-state index contributed by atoms with van der Waals surface area (Å²) in [6.45, 7) is -0.0654. The molecule has 0 fully saturated rings. The molecule has 0 aliphatic rings. The highest BCUT2D eigenvalue weighted by molar-refractivity contribution is 6.30. The van der Waals surface area contributed by atoms with Gasteiger partial charge < -0.3 is 0 Å². The number of alkyl halides is 2. The molecular weight excluding hydrogens is 357 g/mol. The van der Waals surface area contributed by atoms with Gasteiger partial charge in [-0.05, 0) is 24.3 Å². The summed E-state index contributed by atoms with van der Waals surface area (Å²) >= 11 is 5.72. The fourth-order valence-corrected chi connectivity index (χ4v) is 2.65. The Hall–Kier alpha value is -2.58. The van der Waals surface area contributed by atoms with Gasteiger partial charge in [0.1, 0.15) is 5.82 Å². The van der Waals surface area contributed by atoms with Crippen molar-refractivity contribution in [3.63, 3.8) is 0 Å². The first-order valence-electron chi connectivity index (χ1n) is 7.14. The quantitative estimate of drug-likeness (QED) is 0.421. The highest BCUT2D eigenvalue weighted by Crippen LogP contribution is 2.27. The molecule has 5 nitrogen and oxygen atoms in total. The molecular formula is C16H12ClF3N4O. The average molecular weight is 369 g/mol. The molecule has 0 atom stereocenters. The highest BCUT2D eigenvalue weighted by atomic mass is 35.5. The lowest BCUT2D eigenvalue weighted by Gasteiger charge is -2.07. The standard InChI is InChI=1S/C16H12ClF3N4O/c17-10-3-1-9(12(18)6-10)7-24-13-5-8(15(19)20)2-4-11(13)14(23-24)16(25)22-21/h1-6,15H,7,21H2,(H,22,25). The summed E-state index contributed by atoms with van der Waals surface area (Å²) < 4.78 is 41.3. The van der Waals surface area contributed by atoms with Crippen molar-refractivity contribution in [2.24, 2.45) is 5.84 Å². The molecule has 0 saturated carbocycles. The smallest absolute Gasteiger partial charge is 0.286 e. The fourth-order valence-electron chi connectivity index (χ4n) is 2.49. The zero-order chi connectivity index (χ0) is 18.1. The minimum absolute atomic E-state index is 0.0345. The lowest BCUT2D eigenvalue weighted by Crippen LogP contribution is -2.30. The predicted octanol–water partition coefficient (Wildman–Crippen LogP) is 3.42. The number of nitrogens with two attached hydrogens (primary N) is 1. The number of halogens is 4. The third-order valence-corrected chi connectivity index (χ3v) is 3.94. The number of aromatic nitrogens is 2. The first kappa shape index (κ1) is 17.2. The van der Waals surface area contributed by atoms with Crippen LogP contribution in [0.15, 0.2) is 36.4 Å². The highest BCUT2D eigenvalue weighted by Gasteiger charge is 2.19. The largest absolute Gasteiger partial charge is 0.289 e. The number of nitrogens with zero attached hydrogens (tertiary/aromatic N) is 2. The number of benzene rings is 2. The van der Waals surface area contributed by atoms with E-state index in [4.69, 9.17) is 17.4 Å². The van der Waals surface area contributed by atoms with Crippen LogP contribution in [-0.4, -0.2) is 15.7 Å². The Balaban J connectivity index is 2.15. The molecule has 1 heterocycles. The van der Waals surface area contributed by atoms with Crippen LogP contribution in [0.4, 0.5) is 13.2 Å². The molecule has 3 aromatic rings. The van der Waals surface area contributed by atoms with Crippen LogP contribution in [0.5, 0.6) is 0 Å². The molecule has 0 unspecified atom stereocenters. The third kappa shape index (κ3) is 3.31. The van der Waals surface area contributed by atoms with Crippen LogP contribution in [0.2, 0.25) is 5.02 Å². The van der Waals surface area contributed by atoms with E-state index in [-0.39, 0.29) is 33.9 Å². The van der Waals surface area contributed by atoms with Crippen molar-refractivity contribution in [2.75, 3.05) is 0 Å². The third-order valence-electron chi connectivity index (χ3n) is 3.71. The summed E-state index contributed by atoms with van der Waals surface area (Å²) in [6, 6.07) is 7.89. The Bertz CT molecular complexity index is 958. The van der Waals surface area contributed by atoms with Crippen molar-refractivity contribution >= 4 is 28.4 Å². The molecule has 0 spiro atoms. The average Bonchev–Trinajstić information content (AvgIpc) is 2.94. The number of hydrogen-bond acceptors (Lipinski definition) is 3. The van der Waals surface area contributed by atoms with E-state index in [1.165, 1.54) is 35.0 Å². The van der Waals surface area contributed by atoms with Crippen LogP contribution in [0.25, 0.3) is 10.9 Å². The number of nitrogen functional groups attached to an aromatic ring is 1. The van der Waals surface area contributed by atoms with Crippen LogP contribution in [0.1, 0.15) is 28.0 Å². The van der Waals surface area contributed by atoms with E-state index in [2.05, 4.69) is 5.10 Å². The molecule has 0 radical (unpaired) electrons. The number of hydrogen-bond donors (Lipinski definition) is 2. The van der Waals surface area contributed by atoms with Crippen LogP contribution in [0, 0.1) is 5.82 Å². The number of hydrazine groups is 1. The molecule has 0 saturated heterocycles. The van der Waals surface area contributed by atoms with Crippen molar-refractivity contribution in [3.8, 4) is 0 Å². The van der Waals surface area contributed by atoms with Gasteiger partial charge in [0.2, 0.25) is 0 Å². The molecule has 0 aliphatic carbocycles. The molecule has 9 heteroatoms. The Kier molecular flexibility index (Phi) is 4.65.